The van der Waals surface area contributed by atoms with Crippen LogP contribution < -0.4 is 10.1 Å². The highest BCUT2D eigenvalue weighted by Crippen LogP contribution is 2.15. The van der Waals surface area contributed by atoms with E-state index < -0.39 is 0 Å². The molecule has 0 radical (unpaired) electrons. The fourth-order valence-electron chi connectivity index (χ4n) is 1.78. The van der Waals surface area contributed by atoms with E-state index in [0.717, 1.165) is 5.56 Å². The van der Waals surface area contributed by atoms with Crippen LogP contribution in [-0.2, 0) is 6.54 Å². The number of ether oxygens (including phenoxy) is 1. The Kier molecular flexibility index (Phi) is 5.46. The van der Waals surface area contributed by atoms with Gasteiger partial charge in [0.2, 0.25) is 0 Å². The number of carbonyl (C=O) groups is 1. The first-order valence-electron chi connectivity index (χ1n) is 6.56. The summed E-state index contributed by atoms with van der Waals surface area (Å²) in [4.78, 5) is 13.5. The summed E-state index contributed by atoms with van der Waals surface area (Å²) in [6.07, 6.45) is 0. The van der Waals surface area contributed by atoms with E-state index in [2.05, 4.69) is 5.32 Å². The number of hydrogen-bond acceptors (Lipinski definition) is 2. The van der Waals surface area contributed by atoms with E-state index in [1.54, 1.807) is 36.2 Å². The van der Waals surface area contributed by atoms with E-state index in [1.807, 2.05) is 30.3 Å². The highest BCUT2D eigenvalue weighted by molar-refractivity contribution is 6.30. The molecule has 2 aromatic carbocycles. The summed E-state index contributed by atoms with van der Waals surface area (Å²) < 4.78 is 5.41. The van der Waals surface area contributed by atoms with Crippen molar-refractivity contribution < 1.29 is 9.53 Å². The summed E-state index contributed by atoms with van der Waals surface area (Å²) in [5, 5.41) is 3.34. The number of carbonyl (C=O) groups excluding carboxylic acids is 1. The second kappa shape index (κ2) is 7.55. The molecule has 0 saturated carbocycles. The molecule has 0 aromatic heterocycles. The molecular weight excluding hydrogens is 288 g/mol. The SMILES string of the molecule is CN(Cc1ccccc1)C(=O)NCOc1ccc(Cl)cc1. The molecule has 0 bridgehead atoms. The van der Waals surface area contributed by atoms with E-state index in [0.29, 0.717) is 17.3 Å². The summed E-state index contributed by atoms with van der Waals surface area (Å²) in [7, 11) is 1.74. The highest BCUT2D eigenvalue weighted by Gasteiger charge is 2.08. The summed E-state index contributed by atoms with van der Waals surface area (Å²) in [5.74, 6) is 0.658. The van der Waals surface area contributed by atoms with Crippen LogP contribution in [0.1, 0.15) is 5.56 Å². The third-order valence-corrected chi connectivity index (χ3v) is 3.14. The lowest BCUT2D eigenvalue weighted by atomic mass is 10.2. The molecule has 0 aliphatic heterocycles. The lowest BCUT2D eigenvalue weighted by Crippen LogP contribution is -2.38. The summed E-state index contributed by atoms with van der Waals surface area (Å²) in [6, 6.07) is 16.6. The topological polar surface area (TPSA) is 41.6 Å². The fraction of sp³-hybridized carbons (Fsp3) is 0.188. The second-order valence-electron chi connectivity index (χ2n) is 4.57. The molecule has 2 rings (SSSR count). The van der Waals surface area contributed by atoms with Crippen LogP contribution in [0.15, 0.2) is 54.6 Å². The predicted molar refractivity (Wildman–Crippen MR) is 83.4 cm³/mol. The molecule has 4 nitrogen and oxygen atoms in total. The summed E-state index contributed by atoms with van der Waals surface area (Å²) in [6.45, 7) is 0.660. The van der Waals surface area contributed by atoms with E-state index in [4.69, 9.17) is 16.3 Å². The van der Waals surface area contributed by atoms with Crippen molar-refractivity contribution in [2.24, 2.45) is 0 Å². The largest absolute Gasteiger partial charge is 0.473 e. The molecule has 0 spiro atoms. The van der Waals surface area contributed by atoms with E-state index in [1.165, 1.54) is 0 Å². The Morgan fingerprint density at radius 3 is 2.48 bits per heavy atom. The van der Waals surface area contributed by atoms with Gasteiger partial charge in [0.25, 0.3) is 0 Å². The molecule has 0 heterocycles. The maximum atomic E-state index is 11.9. The zero-order valence-electron chi connectivity index (χ0n) is 11.8. The maximum absolute atomic E-state index is 11.9. The quantitative estimate of drug-likeness (QED) is 0.859. The number of nitrogens with zero attached hydrogens (tertiary/aromatic N) is 1. The molecule has 0 aliphatic carbocycles. The van der Waals surface area contributed by atoms with Crippen molar-refractivity contribution >= 4 is 17.6 Å². The van der Waals surface area contributed by atoms with Crippen LogP contribution in [0, 0.1) is 0 Å². The van der Waals surface area contributed by atoms with Crippen molar-refractivity contribution in [2.45, 2.75) is 6.54 Å². The number of rotatable bonds is 5. The van der Waals surface area contributed by atoms with Crippen molar-refractivity contribution in [3.8, 4) is 5.75 Å². The van der Waals surface area contributed by atoms with Gasteiger partial charge in [0.05, 0.1) is 0 Å². The molecule has 21 heavy (non-hydrogen) atoms. The molecule has 110 valence electrons. The Morgan fingerprint density at radius 2 is 1.81 bits per heavy atom. The van der Waals surface area contributed by atoms with Crippen LogP contribution in [0.5, 0.6) is 5.75 Å². The molecule has 0 fully saturated rings. The van der Waals surface area contributed by atoms with Gasteiger partial charge in [0.15, 0.2) is 6.73 Å². The van der Waals surface area contributed by atoms with Gasteiger partial charge in [0, 0.05) is 18.6 Å². The Morgan fingerprint density at radius 1 is 1.14 bits per heavy atom. The van der Waals surface area contributed by atoms with Gasteiger partial charge in [-0.2, -0.15) is 0 Å². The minimum atomic E-state index is -0.187. The number of benzene rings is 2. The average molecular weight is 305 g/mol. The van der Waals surface area contributed by atoms with Gasteiger partial charge in [-0.05, 0) is 29.8 Å². The highest BCUT2D eigenvalue weighted by atomic mass is 35.5. The molecule has 0 atom stereocenters. The van der Waals surface area contributed by atoms with Crippen LogP contribution in [0.3, 0.4) is 0 Å². The zero-order chi connectivity index (χ0) is 15.1. The first-order chi connectivity index (χ1) is 10.1. The second-order valence-corrected chi connectivity index (χ2v) is 5.00. The molecule has 5 heteroatoms. The molecule has 0 saturated heterocycles. The van der Waals surface area contributed by atoms with Crippen LogP contribution in [0.4, 0.5) is 4.79 Å². The van der Waals surface area contributed by atoms with E-state index in [9.17, 15) is 4.79 Å². The Labute approximate surface area is 129 Å². The van der Waals surface area contributed by atoms with Crippen molar-refractivity contribution in [3.05, 3.63) is 65.2 Å². The fourth-order valence-corrected chi connectivity index (χ4v) is 1.90. The number of amides is 2. The summed E-state index contributed by atoms with van der Waals surface area (Å²) >= 11 is 5.78. The van der Waals surface area contributed by atoms with E-state index >= 15 is 0 Å². The Balaban J connectivity index is 1.75. The number of nitrogens with one attached hydrogen (secondary N) is 1. The molecular formula is C16H17ClN2O2. The molecule has 0 aliphatic rings. The standard InChI is InChI=1S/C16H17ClN2O2/c1-19(11-13-5-3-2-4-6-13)16(20)18-12-21-15-9-7-14(17)8-10-15/h2-10H,11-12H2,1H3,(H,18,20). The minimum absolute atomic E-state index is 0.111. The monoisotopic (exact) mass is 304 g/mol. The van der Waals surface area contributed by atoms with Gasteiger partial charge in [-0.1, -0.05) is 41.9 Å². The van der Waals surface area contributed by atoms with Gasteiger partial charge in [-0.3, -0.25) is 0 Å². The summed E-state index contributed by atoms with van der Waals surface area (Å²) in [5.41, 5.74) is 1.08. The van der Waals surface area contributed by atoms with Crippen LogP contribution in [-0.4, -0.2) is 24.7 Å². The predicted octanol–water partition coefficient (Wildman–Crippen LogP) is 3.52. The van der Waals surface area contributed by atoms with E-state index in [-0.39, 0.29) is 12.8 Å². The van der Waals surface area contributed by atoms with Crippen LogP contribution in [0.25, 0.3) is 0 Å². The smallest absolute Gasteiger partial charge is 0.320 e. The first kappa shape index (κ1) is 15.2. The lowest BCUT2D eigenvalue weighted by molar-refractivity contribution is 0.192. The molecule has 0 unspecified atom stereocenters. The zero-order valence-corrected chi connectivity index (χ0v) is 12.5. The third-order valence-electron chi connectivity index (χ3n) is 2.89. The number of urea groups is 1. The Hall–Kier alpha value is -2.20. The van der Waals surface area contributed by atoms with Gasteiger partial charge >= 0.3 is 6.03 Å². The van der Waals surface area contributed by atoms with Crippen molar-refractivity contribution in [3.63, 3.8) is 0 Å². The lowest BCUT2D eigenvalue weighted by Gasteiger charge is -2.18. The molecule has 2 amide bonds. The van der Waals surface area contributed by atoms with Crippen molar-refractivity contribution in [1.82, 2.24) is 10.2 Å². The normalized spacial score (nSPS) is 10.0. The average Bonchev–Trinajstić information content (AvgIpc) is 2.50. The van der Waals surface area contributed by atoms with Crippen LogP contribution in [0.2, 0.25) is 5.02 Å². The minimum Gasteiger partial charge on any atom is -0.473 e. The van der Waals surface area contributed by atoms with Gasteiger partial charge in [-0.15, -0.1) is 0 Å². The first-order valence-corrected chi connectivity index (χ1v) is 6.94. The van der Waals surface area contributed by atoms with Gasteiger partial charge in [0.1, 0.15) is 5.75 Å². The number of halogens is 1. The third kappa shape index (κ3) is 5.00. The Bertz CT molecular complexity index is 573. The van der Waals surface area contributed by atoms with Crippen molar-refractivity contribution in [2.75, 3.05) is 13.8 Å². The van der Waals surface area contributed by atoms with Crippen molar-refractivity contribution in [1.29, 1.82) is 0 Å². The van der Waals surface area contributed by atoms with Gasteiger partial charge < -0.3 is 15.0 Å². The van der Waals surface area contributed by atoms with Gasteiger partial charge in [-0.25, -0.2) is 4.79 Å². The molecule has 1 N–H and O–H groups in total. The maximum Gasteiger partial charge on any atom is 0.320 e. The number of hydrogen-bond donors (Lipinski definition) is 1. The van der Waals surface area contributed by atoms with Crippen LogP contribution >= 0.6 is 11.6 Å². The molecule has 2 aromatic rings.